The summed E-state index contributed by atoms with van der Waals surface area (Å²) in [6.07, 6.45) is 1.96. The molecule has 0 aliphatic heterocycles. The van der Waals surface area contributed by atoms with Crippen molar-refractivity contribution < 1.29 is 19.2 Å². The summed E-state index contributed by atoms with van der Waals surface area (Å²) in [6.45, 7) is 2.66. The zero-order chi connectivity index (χ0) is 18.2. The van der Waals surface area contributed by atoms with E-state index in [4.69, 9.17) is 9.47 Å². The minimum atomic E-state index is -0.730. The summed E-state index contributed by atoms with van der Waals surface area (Å²) in [4.78, 5) is 34.0. The zero-order valence-electron chi connectivity index (χ0n) is 13.6. The van der Waals surface area contributed by atoms with Crippen molar-refractivity contribution >= 4 is 11.7 Å². The highest BCUT2D eigenvalue weighted by atomic mass is 16.6. The maximum atomic E-state index is 12.1. The molecular weight excluding hydrogens is 326 g/mol. The molecule has 25 heavy (non-hydrogen) atoms. The molecule has 0 N–H and O–H groups in total. The first-order valence-corrected chi connectivity index (χ1v) is 7.75. The van der Waals surface area contributed by atoms with Crippen LogP contribution in [-0.2, 0) is 0 Å². The van der Waals surface area contributed by atoms with Crippen molar-refractivity contribution in [3.05, 3.63) is 74.4 Å². The summed E-state index contributed by atoms with van der Waals surface area (Å²) < 4.78 is 10.6. The molecule has 0 bridgehead atoms. The first-order valence-electron chi connectivity index (χ1n) is 7.75. The van der Waals surface area contributed by atoms with E-state index in [1.807, 2.05) is 0 Å². The van der Waals surface area contributed by atoms with Gasteiger partial charge in [0.1, 0.15) is 5.75 Å². The number of nitro groups is 1. The molecule has 0 heterocycles. The third-order valence-electron chi connectivity index (χ3n) is 3.32. The fourth-order valence-electron chi connectivity index (χ4n) is 1.93. The zero-order valence-corrected chi connectivity index (χ0v) is 13.6. The van der Waals surface area contributed by atoms with E-state index in [0.717, 1.165) is 37.1 Å². The molecule has 7 nitrogen and oxygen atoms in total. The number of nitrogens with zero attached hydrogens (tertiary/aromatic N) is 1. The lowest BCUT2D eigenvalue weighted by atomic mass is 10.2. The van der Waals surface area contributed by atoms with Crippen LogP contribution in [0.1, 0.15) is 30.1 Å². The first kappa shape index (κ1) is 18.1. The molecule has 0 saturated heterocycles. The van der Waals surface area contributed by atoms with E-state index in [-0.39, 0.29) is 17.0 Å². The van der Waals surface area contributed by atoms with E-state index in [1.54, 1.807) is 12.1 Å². The predicted molar refractivity (Wildman–Crippen MR) is 91.2 cm³/mol. The number of esters is 1. The van der Waals surface area contributed by atoms with Gasteiger partial charge in [-0.15, -0.1) is 0 Å². The molecule has 2 rings (SSSR count). The quantitative estimate of drug-likeness (QED) is 0.331. The normalized spacial score (nSPS) is 10.1. The number of rotatable bonds is 7. The van der Waals surface area contributed by atoms with Gasteiger partial charge >= 0.3 is 5.97 Å². The summed E-state index contributed by atoms with van der Waals surface area (Å²) in [6, 6.07) is 10.6. The summed E-state index contributed by atoms with van der Waals surface area (Å²) in [5.41, 5.74) is -0.655. The van der Waals surface area contributed by atoms with Crippen molar-refractivity contribution in [3.63, 3.8) is 0 Å². The monoisotopic (exact) mass is 343 g/mol. The highest BCUT2D eigenvalue weighted by molar-refractivity contribution is 5.91. The Morgan fingerprint density at radius 3 is 2.40 bits per heavy atom. The SMILES string of the molecule is CCCCOc1ccc(C(=O)Oc2ccc([N+](=O)[O-])ccc2=O)cc1. The second-order valence-electron chi connectivity index (χ2n) is 5.19. The fourth-order valence-corrected chi connectivity index (χ4v) is 1.93. The van der Waals surface area contributed by atoms with Crippen LogP contribution in [0, 0.1) is 10.1 Å². The van der Waals surface area contributed by atoms with Gasteiger partial charge in [-0.1, -0.05) is 13.3 Å². The number of benzene rings is 1. The van der Waals surface area contributed by atoms with Crippen molar-refractivity contribution in [2.24, 2.45) is 0 Å². The first-order chi connectivity index (χ1) is 12.0. The third kappa shape index (κ3) is 5.13. The van der Waals surface area contributed by atoms with Crippen molar-refractivity contribution in [1.82, 2.24) is 0 Å². The van der Waals surface area contributed by atoms with Crippen LogP contribution in [-0.4, -0.2) is 17.5 Å². The van der Waals surface area contributed by atoms with Gasteiger partial charge < -0.3 is 9.47 Å². The van der Waals surface area contributed by atoms with E-state index in [2.05, 4.69) is 6.92 Å². The maximum Gasteiger partial charge on any atom is 0.343 e. The van der Waals surface area contributed by atoms with Gasteiger partial charge in [0.2, 0.25) is 5.43 Å². The van der Waals surface area contributed by atoms with E-state index in [9.17, 15) is 19.7 Å². The average molecular weight is 343 g/mol. The standard InChI is InChI=1S/C18H17NO6/c1-2-3-12-24-15-8-4-13(5-9-15)18(21)25-17-11-7-14(19(22)23)6-10-16(17)20/h4-11H,2-3,12H2,1H3. The molecule has 0 saturated carbocycles. The number of unbranched alkanes of at least 4 members (excludes halogenated alkanes) is 1. The molecule has 0 unspecified atom stereocenters. The molecule has 0 aromatic heterocycles. The van der Waals surface area contributed by atoms with E-state index in [0.29, 0.717) is 12.4 Å². The average Bonchev–Trinajstić information content (AvgIpc) is 2.78. The predicted octanol–water partition coefficient (Wildman–Crippen LogP) is 3.35. The molecule has 2 aromatic rings. The number of hydrogen-bond acceptors (Lipinski definition) is 6. The molecule has 7 heteroatoms. The molecule has 0 aliphatic carbocycles. The van der Waals surface area contributed by atoms with Crippen molar-refractivity contribution in [2.75, 3.05) is 6.61 Å². The van der Waals surface area contributed by atoms with Crippen LogP contribution in [0.3, 0.4) is 0 Å². The van der Waals surface area contributed by atoms with E-state index < -0.39 is 16.3 Å². The lowest BCUT2D eigenvalue weighted by Crippen LogP contribution is -2.13. The Kier molecular flexibility index (Phi) is 6.22. The molecule has 0 spiro atoms. The summed E-state index contributed by atoms with van der Waals surface area (Å²) in [7, 11) is 0. The van der Waals surface area contributed by atoms with Gasteiger partial charge in [-0.3, -0.25) is 14.9 Å². The Balaban J connectivity index is 2.10. The van der Waals surface area contributed by atoms with Gasteiger partial charge in [0.15, 0.2) is 5.75 Å². The minimum absolute atomic E-state index is 0.239. The smallest absolute Gasteiger partial charge is 0.343 e. The molecule has 0 amide bonds. The Hall–Kier alpha value is -3.22. The van der Waals surface area contributed by atoms with E-state index >= 15 is 0 Å². The fraction of sp³-hybridized carbons (Fsp3) is 0.222. The highest BCUT2D eigenvalue weighted by Crippen LogP contribution is 2.15. The molecule has 130 valence electrons. The van der Waals surface area contributed by atoms with Gasteiger partial charge in [-0.25, -0.2) is 4.79 Å². The summed E-state index contributed by atoms with van der Waals surface area (Å²) in [5.74, 6) is -0.372. The Morgan fingerprint density at radius 2 is 1.76 bits per heavy atom. The topological polar surface area (TPSA) is 95.7 Å². The molecule has 0 atom stereocenters. The summed E-state index contributed by atoms with van der Waals surface area (Å²) in [5, 5.41) is 10.7. The van der Waals surface area contributed by atoms with E-state index in [1.165, 1.54) is 12.1 Å². The van der Waals surface area contributed by atoms with Crippen LogP contribution in [0.25, 0.3) is 0 Å². The summed E-state index contributed by atoms with van der Waals surface area (Å²) >= 11 is 0. The molecule has 0 radical (unpaired) electrons. The van der Waals surface area contributed by atoms with Gasteiger partial charge in [0, 0.05) is 12.1 Å². The molecule has 0 fully saturated rings. The third-order valence-corrected chi connectivity index (χ3v) is 3.32. The van der Waals surface area contributed by atoms with Gasteiger partial charge in [-0.05, 0) is 42.8 Å². The van der Waals surface area contributed by atoms with Crippen LogP contribution in [0.2, 0.25) is 0 Å². The molecule has 2 aromatic carbocycles. The highest BCUT2D eigenvalue weighted by Gasteiger charge is 2.12. The number of ether oxygens (including phenoxy) is 2. The van der Waals surface area contributed by atoms with Crippen molar-refractivity contribution in [1.29, 1.82) is 0 Å². The van der Waals surface area contributed by atoms with Gasteiger partial charge in [-0.2, -0.15) is 0 Å². The molecule has 0 aliphatic rings. The van der Waals surface area contributed by atoms with Crippen molar-refractivity contribution in [2.45, 2.75) is 19.8 Å². The number of carbonyl (C=O) groups is 1. The lowest BCUT2D eigenvalue weighted by Gasteiger charge is -2.06. The molecular formula is C18H17NO6. The van der Waals surface area contributed by atoms with Gasteiger partial charge in [0.05, 0.1) is 17.1 Å². The van der Waals surface area contributed by atoms with Crippen LogP contribution in [0.5, 0.6) is 11.5 Å². The Bertz CT molecular complexity index is 816. The Morgan fingerprint density at radius 1 is 1.08 bits per heavy atom. The largest absolute Gasteiger partial charge is 0.494 e. The number of hydrogen-bond donors (Lipinski definition) is 0. The van der Waals surface area contributed by atoms with Gasteiger partial charge in [0.25, 0.3) is 5.69 Å². The second kappa shape index (κ2) is 8.58. The van der Waals surface area contributed by atoms with Crippen LogP contribution < -0.4 is 14.9 Å². The lowest BCUT2D eigenvalue weighted by molar-refractivity contribution is -0.384. The maximum absolute atomic E-state index is 12.1. The van der Waals surface area contributed by atoms with Crippen LogP contribution >= 0.6 is 0 Å². The second-order valence-corrected chi connectivity index (χ2v) is 5.19. The van der Waals surface area contributed by atoms with Crippen molar-refractivity contribution in [3.8, 4) is 11.5 Å². The Labute approximate surface area is 144 Å². The number of carbonyl (C=O) groups excluding carboxylic acids is 1. The van der Waals surface area contributed by atoms with Crippen LogP contribution in [0.15, 0.2) is 53.3 Å². The van der Waals surface area contributed by atoms with Crippen LogP contribution in [0.4, 0.5) is 5.69 Å². The minimum Gasteiger partial charge on any atom is -0.494 e.